The maximum Gasteiger partial charge on any atom is 0.223 e. The van der Waals surface area contributed by atoms with Crippen LogP contribution in [0.5, 0.6) is 0 Å². The highest BCUT2D eigenvalue weighted by molar-refractivity contribution is 5.76. The second kappa shape index (κ2) is 6.40. The van der Waals surface area contributed by atoms with Gasteiger partial charge in [-0.05, 0) is 35.4 Å². The molecule has 1 aliphatic heterocycles. The van der Waals surface area contributed by atoms with Crippen LogP contribution < -0.4 is 0 Å². The van der Waals surface area contributed by atoms with E-state index < -0.39 is 6.10 Å². The van der Waals surface area contributed by atoms with Gasteiger partial charge in [0.15, 0.2) is 0 Å². The van der Waals surface area contributed by atoms with Crippen LogP contribution in [0.15, 0.2) is 18.2 Å². The van der Waals surface area contributed by atoms with E-state index in [0.29, 0.717) is 18.9 Å². The Morgan fingerprint density at radius 2 is 2.10 bits per heavy atom. The second-order valence-electron chi connectivity index (χ2n) is 6.12. The lowest BCUT2D eigenvalue weighted by Crippen LogP contribution is -2.36. The zero-order valence-electron chi connectivity index (χ0n) is 12.7. The van der Waals surface area contributed by atoms with Crippen molar-refractivity contribution in [3.63, 3.8) is 0 Å². The van der Waals surface area contributed by atoms with E-state index in [1.54, 1.807) is 0 Å². The number of hydrogen-bond acceptors (Lipinski definition) is 2. The van der Waals surface area contributed by atoms with Crippen molar-refractivity contribution in [3.8, 4) is 0 Å². The summed E-state index contributed by atoms with van der Waals surface area (Å²) in [5.74, 6) is 0.643. The van der Waals surface area contributed by atoms with Gasteiger partial charge in [0, 0.05) is 19.5 Å². The van der Waals surface area contributed by atoms with Gasteiger partial charge in [-0.2, -0.15) is 0 Å². The first kappa shape index (κ1) is 15.0. The zero-order valence-corrected chi connectivity index (χ0v) is 12.7. The van der Waals surface area contributed by atoms with Crippen LogP contribution in [0.3, 0.4) is 0 Å². The fourth-order valence-corrected chi connectivity index (χ4v) is 2.71. The molecule has 0 fully saturated rings. The third-order valence-electron chi connectivity index (χ3n) is 3.95. The fraction of sp³-hybridized carbons (Fsp3) is 0.588. The summed E-state index contributed by atoms with van der Waals surface area (Å²) < 4.78 is 0. The predicted molar refractivity (Wildman–Crippen MR) is 80.3 cm³/mol. The molecule has 0 aliphatic carbocycles. The van der Waals surface area contributed by atoms with E-state index in [1.165, 1.54) is 11.1 Å². The molecule has 110 valence electrons. The number of amides is 1. The normalized spacial score (nSPS) is 16.1. The third kappa shape index (κ3) is 3.40. The number of carbonyl (C=O) groups excluding carboxylic acids is 1. The second-order valence-corrected chi connectivity index (χ2v) is 6.12. The Bertz CT molecular complexity index is 482. The van der Waals surface area contributed by atoms with Gasteiger partial charge in [0.1, 0.15) is 0 Å². The Kier molecular flexibility index (Phi) is 4.81. The lowest BCUT2D eigenvalue weighted by molar-refractivity contribution is -0.132. The zero-order chi connectivity index (χ0) is 14.7. The molecule has 0 spiro atoms. The van der Waals surface area contributed by atoms with Gasteiger partial charge in [-0.3, -0.25) is 4.79 Å². The van der Waals surface area contributed by atoms with E-state index in [9.17, 15) is 9.90 Å². The predicted octanol–water partition coefficient (Wildman–Crippen LogP) is 3.06. The summed E-state index contributed by atoms with van der Waals surface area (Å²) in [4.78, 5) is 14.1. The lowest BCUT2D eigenvalue weighted by Gasteiger charge is -2.30. The summed E-state index contributed by atoms with van der Waals surface area (Å²) in [6, 6.07) is 6.19. The van der Waals surface area contributed by atoms with Gasteiger partial charge in [0.25, 0.3) is 0 Å². The molecule has 3 nitrogen and oxygen atoms in total. The molecule has 1 aromatic rings. The van der Waals surface area contributed by atoms with E-state index >= 15 is 0 Å². The minimum Gasteiger partial charge on any atom is -0.388 e. The summed E-state index contributed by atoms with van der Waals surface area (Å²) in [5, 5.41) is 9.94. The highest BCUT2D eigenvalue weighted by Gasteiger charge is 2.21. The Morgan fingerprint density at radius 3 is 2.75 bits per heavy atom. The number of rotatable bonds is 4. The molecule has 3 heteroatoms. The number of hydrogen-bond donors (Lipinski definition) is 1. The van der Waals surface area contributed by atoms with Crippen molar-refractivity contribution in [2.75, 3.05) is 6.54 Å². The standard InChI is InChI=1S/C17H25NO2/c1-4-16(19)14-6-5-13-7-8-18(11-15(13)10-14)17(20)9-12(2)3/h5-6,10,12,16,19H,4,7-9,11H2,1-3H3. The van der Waals surface area contributed by atoms with E-state index in [1.807, 2.05) is 17.9 Å². The van der Waals surface area contributed by atoms with Crippen molar-refractivity contribution in [2.45, 2.75) is 52.7 Å². The van der Waals surface area contributed by atoms with Gasteiger partial charge in [-0.25, -0.2) is 0 Å². The van der Waals surface area contributed by atoms with Crippen molar-refractivity contribution >= 4 is 5.91 Å². The molecular weight excluding hydrogens is 250 g/mol. The van der Waals surface area contributed by atoms with Crippen LogP contribution in [0.2, 0.25) is 0 Å². The van der Waals surface area contributed by atoms with Crippen LogP contribution in [0.4, 0.5) is 0 Å². The summed E-state index contributed by atoms with van der Waals surface area (Å²) in [5.41, 5.74) is 3.47. The van der Waals surface area contributed by atoms with Crippen molar-refractivity contribution in [3.05, 3.63) is 34.9 Å². The topological polar surface area (TPSA) is 40.5 Å². The molecule has 0 radical (unpaired) electrons. The molecule has 0 aromatic heterocycles. The van der Waals surface area contributed by atoms with Gasteiger partial charge in [0.2, 0.25) is 5.91 Å². The number of carbonyl (C=O) groups is 1. The summed E-state index contributed by atoms with van der Waals surface area (Å²) in [6.45, 7) is 7.62. The van der Waals surface area contributed by atoms with Gasteiger partial charge in [-0.15, -0.1) is 0 Å². The summed E-state index contributed by atoms with van der Waals surface area (Å²) in [7, 11) is 0. The third-order valence-corrected chi connectivity index (χ3v) is 3.95. The lowest BCUT2D eigenvalue weighted by atomic mass is 9.94. The SMILES string of the molecule is CCC(O)c1ccc2c(c1)CN(C(=O)CC(C)C)CC2. The van der Waals surface area contributed by atoms with E-state index in [0.717, 1.165) is 24.9 Å². The highest BCUT2D eigenvalue weighted by Crippen LogP contribution is 2.25. The first-order chi connectivity index (χ1) is 9.51. The molecule has 20 heavy (non-hydrogen) atoms. The number of fused-ring (bicyclic) bond motifs is 1. The van der Waals surface area contributed by atoms with Crippen molar-refractivity contribution in [2.24, 2.45) is 5.92 Å². The molecule has 2 rings (SSSR count). The molecular formula is C17H25NO2. The van der Waals surface area contributed by atoms with Crippen LogP contribution in [0.1, 0.15) is 56.4 Å². The molecule has 1 atom stereocenters. The highest BCUT2D eigenvalue weighted by atomic mass is 16.3. The monoisotopic (exact) mass is 275 g/mol. The van der Waals surface area contributed by atoms with Crippen LogP contribution in [-0.2, 0) is 17.8 Å². The van der Waals surface area contributed by atoms with E-state index in [4.69, 9.17) is 0 Å². The number of nitrogens with zero attached hydrogens (tertiary/aromatic N) is 1. The van der Waals surface area contributed by atoms with Crippen molar-refractivity contribution in [1.82, 2.24) is 4.90 Å². The summed E-state index contributed by atoms with van der Waals surface area (Å²) >= 11 is 0. The average Bonchev–Trinajstić information content (AvgIpc) is 2.44. The largest absolute Gasteiger partial charge is 0.388 e. The van der Waals surface area contributed by atoms with E-state index in [-0.39, 0.29) is 5.91 Å². The number of aliphatic hydroxyl groups is 1. The van der Waals surface area contributed by atoms with Crippen molar-refractivity contribution in [1.29, 1.82) is 0 Å². The molecule has 1 N–H and O–H groups in total. The Hall–Kier alpha value is -1.35. The van der Waals surface area contributed by atoms with Gasteiger partial charge in [-0.1, -0.05) is 39.0 Å². The van der Waals surface area contributed by atoms with Crippen LogP contribution in [-0.4, -0.2) is 22.5 Å². The first-order valence-corrected chi connectivity index (χ1v) is 7.58. The Labute approximate surface area is 121 Å². The van der Waals surface area contributed by atoms with Crippen LogP contribution in [0.25, 0.3) is 0 Å². The molecule has 1 amide bonds. The van der Waals surface area contributed by atoms with Gasteiger partial charge >= 0.3 is 0 Å². The van der Waals surface area contributed by atoms with Crippen molar-refractivity contribution < 1.29 is 9.90 Å². The molecule has 0 bridgehead atoms. The molecule has 1 aromatic carbocycles. The summed E-state index contributed by atoms with van der Waals surface area (Å²) in [6.07, 6.45) is 1.85. The van der Waals surface area contributed by atoms with E-state index in [2.05, 4.69) is 26.0 Å². The molecule has 1 heterocycles. The number of benzene rings is 1. The minimum absolute atomic E-state index is 0.243. The molecule has 1 unspecified atom stereocenters. The molecule has 0 saturated carbocycles. The van der Waals surface area contributed by atoms with Crippen LogP contribution in [0, 0.1) is 5.92 Å². The molecule has 0 saturated heterocycles. The van der Waals surface area contributed by atoms with Crippen LogP contribution >= 0.6 is 0 Å². The smallest absolute Gasteiger partial charge is 0.223 e. The van der Waals surface area contributed by atoms with Gasteiger partial charge < -0.3 is 10.0 Å². The van der Waals surface area contributed by atoms with Gasteiger partial charge in [0.05, 0.1) is 6.10 Å². The maximum atomic E-state index is 12.2. The molecule has 1 aliphatic rings. The first-order valence-electron chi connectivity index (χ1n) is 7.58. The minimum atomic E-state index is -0.401. The maximum absolute atomic E-state index is 12.2. The Balaban J connectivity index is 2.13. The number of aliphatic hydroxyl groups excluding tert-OH is 1. The average molecular weight is 275 g/mol. The Morgan fingerprint density at radius 1 is 1.35 bits per heavy atom. The quantitative estimate of drug-likeness (QED) is 0.917. The fourth-order valence-electron chi connectivity index (χ4n) is 2.71.